The maximum atomic E-state index is 13.3. The number of halogens is 1. The molecule has 0 amide bonds. The Balaban J connectivity index is 1.73. The van der Waals surface area contributed by atoms with Crippen LogP contribution in [0.1, 0.15) is 43.4 Å². The van der Waals surface area contributed by atoms with Crippen molar-refractivity contribution in [2.75, 3.05) is 5.32 Å². The van der Waals surface area contributed by atoms with Crippen LogP contribution in [0.2, 0.25) is 0 Å². The molecule has 0 saturated heterocycles. The highest BCUT2D eigenvalue weighted by Crippen LogP contribution is 2.50. The number of nitrogens with one attached hydrogen (secondary N) is 2. The molecule has 2 N–H and O–H groups in total. The van der Waals surface area contributed by atoms with E-state index < -0.39 is 10.0 Å². The molecule has 27 heavy (non-hydrogen) atoms. The topological polar surface area (TPSA) is 58.2 Å². The van der Waals surface area contributed by atoms with Crippen molar-refractivity contribution in [1.29, 1.82) is 0 Å². The lowest BCUT2D eigenvalue weighted by Crippen LogP contribution is -2.31. The molecule has 4 rings (SSSR count). The largest absolute Gasteiger partial charge is 0.378 e. The Labute approximate surface area is 159 Å². The number of hydrogen-bond acceptors (Lipinski definition) is 3. The molecule has 2 aliphatic rings. The van der Waals surface area contributed by atoms with Gasteiger partial charge in [-0.2, -0.15) is 0 Å². The summed E-state index contributed by atoms with van der Waals surface area (Å²) in [7, 11) is -3.54. The maximum absolute atomic E-state index is 13.3. The molecule has 6 heteroatoms. The third-order valence-electron chi connectivity index (χ3n) is 5.26. The fraction of sp³-hybridized carbons (Fsp3) is 0.333. The van der Waals surface area contributed by atoms with Gasteiger partial charge < -0.3 is 5.32 Å². The summed E-state index contributed by atoms with van der Waals surface area (Å²) < 4.78 is 41.1. The van der Waals surface area contributed by atoms with E-state index in [4.69, 9.17) is 0 Å². The van der Waals surface area contributed by atoms with Crippen LogP contribution in [0.5, 0.6) is 0 Å². The van der Waals surface area contributed by atoms with Crippen molar-refractivity contribution < 1.29 is 12.8 Å². The number of hydrogen-bond donors (Lipinski definition) is 2. The Morgan fingerprint density at radius 1 is 1.15 bits per heavy atom. The Kier molecular flexibility index (Phi) is 4.56. The van der Waals surface area contributed by atoms with E-state index >= 15 is 0 Å². The number of benzene rings is 2. The highest BCUT2D eigenvalue weighted by atomic mass is 32.2. The second-order valence-corrected chi connectivity index (χ2v) is 9.27. The highest BCUT2D eigenvalue weighted by Gasteiger charge is 2.38. The van der Waals surface area contributed by atoms with Crippen LogP contribution >= 0.6 is 0 Å². The van der Waals surface area contributed by atoms with Crippen LogP contribution < -0.4 is 10.0 Å². The van der Waals surface area contributed by atoms with Gasteiger partial charge in [0.25, 0.3) is 0 Å². The van der Waals surface area contributed by atoms with Crippen LogP contribution in [0, 0.1) is 11.7 Å². The van der Waals surface area contributed by atoms with Gasteiger partial charge in [-0.3, -0.25) is 0 Å². The predicted octanol–water partition coefficient (Wildman–Crippen LogP) is 4.34. The van der Waals surface area contributed by atoms with E-state index in [1.54, 1.807) is 26.0 Å². The molecule has 0 saturated carbocycles. The van der Waals surface area contributed by atoms with E-state index in [0.717, 1.165) is 23.2 Å². The van der Waals surface area contributed by atoms with E-state index in [2.05, 4.69) is 22.2 Å². The minimum absolute atomic E-state index is 0.0642. The summed E-state index contributed by atoms with van der Waals surface area (Å²) in [6.07, 6.45) is 5.21. The summed E-state index contributed by atoms with van der Waals surface area (Å²) in [6, 6.07) is 11.8. The van der Waals surface area contributed by atoms with Gasteiger partial charge in [0, 0.05) is 17.6 Å². The van der Waals surface area contributed by atoms with Crippen molar-refractivity contribution in [1.82, 2.24) is 4.72 Å². The first-order valence-corrected chi connectivity index (χ1v) is 10.7. The molecule has 0 spiro atoms. The van der Waals surface area contributed by atoms with Crippen LogP contribution in [0.15, 0.2) is 59.5 Å². The highest BCUT2D eigenvalue weighted by molar-refractivity contribution is 7.89. The van der Waals surface area contributed by atoms with E-state index in [0.29, 0.717) is 0 Å². The zero-order chi connectivity index (χ0) is 19.2. The Bertz CT molecular complexity index is 984. The van der Waals surface area contributed by atoms with E-state index in [-0.39, 0.29) is 34.6 Å². The molecule has 2 aromatic carbocycles. The van der Waals surface area contributed by atoms with Gasteiger partial charge in [0.2, 0.25) is 10.0 Å². The number of fused-ring (bicyclic) bond motifs is 3. The molecule has 2 aromatic rings. The Morgan fingerprint density at radius 2 is 1.89 bits per heavy atom. The van der Waals surface area contributed by atoms with Gasteiger partial charge in [-0.25, -0.2) is 17.5 Å². The monoisotopic (exact) mass is 386 g/mol. The fourth-order valence-corrected chi connectivity index (χ4v) is 5.40. The first-order valence-electron chi connectivity index (χ1n) is 9.20. The Hall–Kier alpha value is -2.18. The van der Waals surface area contributed by atoms with Crippen molar-refractivity contribution in [3.63, 3.8) is 0 Å². The van der Waals surface area contributed by atoms with Gasteiger partial charge in [0.05, 0.1) is 10.9 Å². The summed E-state index contributed by atoms with van der Waals surface area (Å²) in [5.74, 6) is 0.174. The van der Waals surface area contributed by atoms with Crippen molar-refractivity contribution in [3.05, 3.63) is 71.6 Å². The zero-order valence-electron chi connectivity index (χ0n) is 15.3. The number of allylic oxidation sites excluding steroid dienone is 2. The summed E-state index contributed by atoms with van der Waals surface area (Å²) >= 11 is 0. The second-order valence-electron chi connectivity index (χ2n) is 7.55. The van der Waals surface area contributed by atoms with Gasteiger partial charge in [-0.05, 0) is 67.6 Å². The molecule has 1 aliphatic carbocycles. The number of anilines is 1. The van der Waals surface area contributed by atoms with E-state index in [1.165, 1.54) is 12.1 Å². The second kappa shape index (κ2) is 6.77. The van der Waals surface area contributed by atoms with Gasteiger partial charge in [-0.15, -0.1) is 0 Å². The minimum atomic E-state index is -3.54. The lowest BCUT2D eigenvalue weighted by molar-refractivity contribution is 0.424. The smallest absolute Gasteiger partial charge is 0.240 e. The standard InChI is InChI=1S/C21H23FN2O2S/c1-13(2)24-27(25,26)16-10-11-20-19(12-16)17-4-3-5-18(17)21(23-20)14-6-8-15(22)9-7-14/h3-4,6-13,17-18,21,23-24H,5H2,1-2H3. The van der Waals surface area contributed by atoms with Gasteiger partial charge in [-0.1, -0.05) is 24.3 Å². The van der Waals surface area contributed by atoms with Crippen LogP contribution in [0.4, 0.5) is 10.1 Å². The van der Waals surface area contributed by atoms with Crippen LogP contribution in [-0.2, 0) is 10.0 Å². The fourth-order valence-electron chi connectivity index (χ4n) is 4.12. The quantitative estimate of drug-likeness (QED) is 0.769. The molecule has 0 fully saturated rings. The average molecular weight is 386 g/mol. The minimum Gasteiger partial charge on any atom is -0.378 e. The molecule has 0 aromatic heterocycles. The number of rotatable bonds is 4. The third kappa shape index (κ3) is 3.39. The summed E-state index contributed by atoms with van der Waals surface area (Å²) in [4.78, 5) is 0.288. The first-order chi connectivity index (χ1) is 12.8. The summed E-state index contributed by atoms with van der Waals surface area (Å²) in [5.41, 5.74) is 2.97. The molecule has 3 unspecified atom stereocenters. The normalized spacial score (nSPS) is 23.8. The van der Waals surface area contributed by atoms with Crippen LogP contribution in [0.25, 0.3) is 0 Å². The molecule has 4 nitrogen and oxygen atoms in total. The van der Waals surface area contributed by atoms with Crippen molar-refractivity contribution in [2.24, 2.45) is 5.92 Å². The SMILES string of the molecule is CC(C)NS(=O)(=O)c1ccc2c(c1)C1C=CCC1C(c1ccc(F)cc1)N2. The van der Waals surface area contributed by atoms with E-state index in [9.17, 15) is 12.8 Å². The average Bonchev–Trinajstić information content (AvgIpc) is 3.10. The molecular weight excluding hydrogens is 363 g/mol. The molecule has 1 heterocycles. The van der Waals surface area contributed by atoms with Crippen molar-refractivity contribution in [3.8, 4) is 0 Å². The van der Waals surface area contributed by atoms with Crippen LogP contribution in [0.3, 0.4) is 0 Å². The lowest BCUT2D eigenvalue weighted by Gasteiger charge is -2.37. The molecule has 0 bridgehead atoms. The zero-order valence-corrected chi connectivity index (χ0v) is 16.1. The number of sulfonamides is 1. The maximum Gasteiger partial charge on any atom is 0.240 e. The molecule has 1 aliphatic heterocycles. The lowest BCUT2D eigenvalue weighted by atomic mass is 9.77. The van der Waals surface area contributed by atoms with Gasteiger partial charge in [0.15, 0.2) is 0 Å². The summed E-state index contributed by atoms with van der Waals surface area (Å²) in [6.45, 7) is 3.61. The van der Waals surface area contributed by atoms with E-state index in [1.807, 2.05) is 18.2 Å². The van der Waals surface area contributed by atoms with Gasteiger partial charge >= 0.3 is 0 Å². The molecule has 142 valence electrons. The van der Waals surface area contributed by atoms with Crippen molar-refractivity contribution in [2.45, 2.75) is 43.2 Å². The third-order valence-corrected chi connectivity index (χ3v) is 6.92. The molecular formula is C21H23FN2O2S. The van der Waals surface area contributed by atoms with Crippen LogP contribution in [-0.4, -0.2) is 14.5 Å². The predicted molar refractivity (Wildman–Crippen MR) is 105 cm³/mol. The first kappa shape index (κ1) is 18.2. The molecule has 0 radical (unpaired) electrons. The molecule has 3 atom stereocenters. The van der Waals surface area contributed by atoms with Crippen molar-refractivity contribution >= 4 is 15.7 Å². The van der Waals surface area contributed by atoms with Gasteiger partial charge in [0.1, 0.15) is 5.82 Å². The summed E-state index contributed by atoms with van der Waals surface area (Å²) in [5, 5.41) is 3.55. The Morgan fingerprint density at radius 3 is 2.59 bits per heavy atom.